The summed E-state index contributed by atoms with van der Waals surface area (Å²) >= 11 is 18.0. The third-order valence-corrected chi connectivity index (χ3v) is 5.60. The van der Waals surface area contributed by atoms with Crippen LogP contribution in [-0.4, -0.2) is 26.5 Å². The maximum atomic E-state index is 6.58. The van der Waals surface area contributed by atoms with Crippen molar-refractivity contribution in [1.82, 2.24) is 19.9 Å². The fourth-order valence-corrected chi connectivity index (χ4v) is 3.81. The molecule has 0 spiro atoms. The van der Waals surface area contributed by atoms with Crippen molar-refractivity contribution in [3.05, 3.63) is 86.9 Å². The van der Waals surface area contributed by atoms with Gasteiger partial charge in [-0.2, -0.15) is 5.10 Å². The van der Waals surface area contributed by atoms with E-state index in [0.29, 0.717) is 51.9 Å². The van der Waals surface area contributed by atoms with Crippen molar-refractivity contribution in [3.8, 4) is 22.9 Å². The molecule has 10 heteroatoms. The molecule has 0 fully saturated rings. The van der Waals surface area contributed by atoms with Crippen molar-refractivity contribution < 1.29 is 9.47 Å². The Kier molecular flexibility index (Phi) is 7.49. The van der Waals surface area contributed by atoms with Crippen LogP contribution in [0.4, 0.5) is 0 Å². The van der Waals surface area contributed by atoms with Crippen LogP contribution in [0.25, 0.3) is 11.4 Å². The van der Waals surface area contributed by atoms with E-state index in [4.69, 9.17) is 44.9 Å². The lowest BCUT2D eigenvalue weighted by atomic mass is 10.2. The van der Waals surface area contributed by atoms with Gasteiger partial charge in [-0.15, -0.1) is 0 Å². The van der Waals surface area contributed by atoms with E-state index in [0.717, 1.165) is 16.7 Å². The van der Waals surface area contributed by atoms with Crippen molar-refractivity contribution >= 4 is 35.4 Å². The molecule has 4 rings (SSSR count). The standard InChI is InChI=1S/C23H21Cl2N5O2S/c1-2-31-20-11-17(19(25)12-21(20)32-14-15-4-3-5-18(24)10-15)13-27-30-22(28-29-23(30)33)16-6-8-26-9-7-16/h3-12,27H,2,13-14H2,1H3,(H,29,33). The Hall–Kier alpha value is -3.07. The van der Waals surface area contributed by atoms with Crippen LogP contribution in [0.5, 0.6) is 11.5 Å². The SMILES string of the molecule is CCOc1cc(CNn2c(-c3ccncc3)n[nH]c2=S)c(Cl)cc1OCc1cccc(Cl)c1. The van der Waals surface area contributed by atoms with E-state index in [1.807, 2.05) is 49.4 Å². The number of hydrogen-bond donors (Lipinski definition) is 2. The summed E-state index contributed by atoms with van der Waals surface area (Å²) in [6.07, 6.45) is 3.40. The average Bonchev–Trinajstić information content (AvgIpc) is 3.19. The number of halogens is 2. The van der Waals surface area contributed by atoms with Crippen LogP contribution in [0.3, 0.4) is 0 Å². The van der Waals surface area contributed by atoms with Crippen LogP contribution < -0.4 is 14.9 Å². The molecule has 0 saturated heterocycles. The molecule has 4 aromatic rings. The molecule has 2 aromatic heterocycles. The maximum absolute atomic E-state index is 6.58. The topological polar surface area (TPSA) is 77.0 Å². The van der Waals surface area contributed by atoms with Crippen molar-refractivity contribution in [1.29, 1.82) is 0 Å². The fraction of sp³-hybridized carbons (Fsp3) is 0.174. The largest absolute Gasteiger partial charge is 0.490 e. The van der Waals surface area contributed by atoms with E-state index in [-0.39, 0.29) is 0 Å². The van der Waals surface area contributed by atoms with Gasteiger partial charge in [0.25, 0.3) is 0 Å². The van der Waals surface area contributed by atoms with Gasteiger partial charge in [-0.05, 0) is 60.6 Å². The van der Waals surface area contributed by atoms with Gasteiger partial charge >= 0.3 is 0 Å². The zero-order valence-electron chi connectivity index (χ0n) is 17.7. The predicted molar refractivity (Wildman–Crippen MR) is 132 cm³/mol. The lowest BCUT2D eigenvalue weighted by Gasteiger charge is -2.16. The Morgan fingerprint density at radius 3 is 2.61 bits per heavy atom. The quantitative estimate of drug-likeness (QED) is 0.272. The van der Waals surface area contributed by atoms with Gasteiger partial charge in [0.1, 0.15) is 6.61 Å². The zero-order valence-corrected chi connectivity index (χ0v) is 20.0. The monoisotopic (exact) mass is 501 g/mol. The molecule has 0 aliphatic carbocycles. The summed E-state index contributed by atoms with van der Waals surface area (Å²) in [6, 6.07) is 14.8. The molecule has 0 aliphatic rings. The van der Waals surface area contributed by atoms with Gasteiger partial charge in [-0.3, -0.25) is 4.98 Å². The summed E-state index contributed by atoms with van der Waals surface area (Å²) in [4.78, 5) is 4.04. The van der Waals surface area contributed by atoms with E-state index in [9.17, 15) is 0 Å². The summed E-state index contributed by atoms with van der Waals surface area (Å²) in [5.41, 5.74) is 5.91. The van der Waals surface area contributed by atoms with Gasteiger partial charge in [-0.25, -0.2) is 9.77 Å². The minimum atomic E-state index is 0.341. The predicted octanol–water partition coefficient (Wildman–Crippen LogP) is 6.03. The number of nitrogens with one attached hydrogen (secondary N) is 2. The first-order valence-corrected chi connectivity index (χ1v) is 11.4. The first-order valence-electron chi connectivity index (χ1n) is 10.2. The number of benzene rings is 2. The number of pyridine rings is 1. The van der Waals surface area contributed by atoms with E-state index in [1.165, 1.54) is 0 Å². The van der Waals surface area contributed by atoms with Crippen LogP contribution in [0.15, 0.2) is 60.9 Å². The van der Waals surface area contributed by atoms with Gasteiger partial charge in [0.05, 0.1) is 13.2 Å². The average molecular weight is 502 g/mol. The molecular formula is C23H21Cl2N5O2S. The van der Waals surface area contributed by atoms with E-state index in [1.54, 1.807) is 23.1 Å². The molecule has 0 saturated carbocycles. The summed E-state index contributed by atoms with van der Waals surface area (Å²) in [7, 11) is 0. The van der Waals surface area contributed by atoms with Crippen molar-refractivity contribution in [3.63, 3.8) is 0 Å². The van der Waals surface area contributed by atoms with Crippen molar-refractivity contribution in [2.75, 3.05) is 12.0 Å². The second-order valence-electron chi connectivity index (χ2n) is 7.00. The number of rotatable bonds is 9. The number of nitrogens with zero attached hydrogens (tertiary/aromatic N) is 3. The minimum absolute atomic E-state index is 0.341. The highest BCUT2D eigenvalue weighted by molar-refractivity contribution is 7.71. The molecule has 0 bridgehead atoms. The molecule has 0 atom stereocenters. The van der Waals surface area contributed by atoms with Crippen LogP contribution in [0, 0.1) is 4.77 Å². The highest BCUT2D eigenvalue weighted by Crippen LogP contribution is 2.34. The molecule has 0 radical (unpaired) electrons. The lowest BCUT2D eigenvalue weighted by molar-refractivity contribution is 0.269. The van der Waals surface area contributed by atoms with Gasteiger partial charge in [0.15, 0.2) is 17.3 Å². The van der Waals surface area contributed by atoms with Gasteiger partial charge < -0.3 is 14.9 Å². The molecule has 7 nitrogen and oxygen atoms in total. The summed E-state index contributed by atoms with van der Waals surface area (Å²) in [5, 5.41) is 8.31. The fourth-order valence-electron chi connectivity index (χ4n) is 3.18. The second-order valence-corrected chi connectivity index (χ2v) is 8.23. The molecule has 170 valence electrons. The minimum Gasteiger partial charge on any atom is -0.490 e. The molecule has 0 aliphatic heterocycles. The van der Waals surface area contributed by atoms with Crippen LogP contribution >= 0.6 is 35.4 Å². The Labute approximate surface area is 206 Å². The van der Waals surface area contributed by atoms with E-state index >= 15 is 0 Å². The Morgan fingerprint density at radius 1 is 1.06 bits per heavy atom. The molecule has 0 unspecified atom stereocenters. The maximum Gasteiger partial charge on any atom is 0.214 e. The lowest BCUT2D eigenvalue weighted by Crippen LogP contribution is -2.16. The molecule has 2 N–H and O–H groups in total. The van der Waals surface area contributed by atoms with Crippen molar-refractivity contribution in [2.45, 2.75) is 20.1 Å². The van der Waals surface area contributed by atoms with E-state index < -0.39 is 0 Å². The van der Waals surface area contributed by atoms with Crippen LogP contribution in [0.1, 0.15) is 18.1 Å². The number of hydrogen-bond acceptors (Lipinski definition) is 6. The number of aromatic nitrogens is 4. The highest BCUT2D eigenvalue weighted by atomic mass is 35.5. The number of aromatic amines is 1. The van der Waals surface area contributed by atoms with Gasteiger partial charge in [0, 0.05) is 34.1 Å². The number of ether oxygens (including phenoxy) is 2. The summed E-state index contributed by atoms with van der Waals surface area (Å²) < 4.78 is 13.9. The third kappa shape index (κ3) is 5.65. The summed E-state index contributed by atoms with van der Waals surface area (Å²) in [5.74, 6) is 1.80. The number of H-pyrrole nitrogens is 1. The third-order valence-electron chi connectivity index (χ3n) is 4.73. The Bertz CT molecular complexity index is 1290. The molecule has 33 heavy (non-hydrogen) atoms. The first kappa shape index (κ1) is 23.1. The van der Waals surface area contributed by atoms with Gasteiger partial charge in [-0.1, -0.05) is 35.3 Å². The van der Waals surface area contributed by atoms with Crippen molar-refractivity contribution in [2.24, 2.45) is 0 Å². The Balaban J connectivity index is 1.54. The first-order chi connectivity index (χ1) is 16.0. The normalized spacial score (nSPS) is 10.8. The molecule has 0 amide bonds. The van der Waals surface area contributed by atoms with E-state index in [2.05, 4.69) is 20.6 Å². The van der Waals surface area contributed by atoms with Crippen LogP contribution in [0.2, 0.25) is 10.0 Å². The molecule has 2 aromatic carbocycles. The van der Waals surface area contributed by atoms with Crippen LogP contribution in [-0.2, 0) is 13.2 Å². The highest BCUT2D eigenvalue weighted by Gasteiger charge is 2.14. The molecular weight excluding hydrogens is 481 g/mol. The van der Waals surface area contributed by atoms with Gasteiger partial charge in [0.2, 0.25) is 4.77 Å². The smallest absolute Gasteiger partial charge is 0.214 e. The molecule has 2 heterocycles. The second kappa shape index (κ2) is 10.7. The summed E-state index contributed by atoms with van der Waals surface area (Å²) in [6.45, 7) is 3.13. The Morgan fingerprint density at radius 2 is 1.85 bits per heavy atom. The zero-order chi connectivity index (χ0) is 23.2.